The first kappa shape index (κ1) is 20.8. The van der Waals surface area contributed by atoms with Crippen LogP contribution in [0.15, 0.2) is 72.8 Å². The van der Waals surface area contributed by atoms with Crippen molar-refractivity contribution in [3.05, 3.63) is 84.2 Å². The fourth-order valence-electron chi connectivity index (χ4n) is 5.53. The molecule has 0 heterocycles. The van der Waals surface area contributed by atoms with Gasteiger partial charge in [-0.2, -0.15) is 0 Å². The van der Waals surface area contributed by atoms with Gasteiger partial charge in [-0.05, 0) is 58.9 Å². The van der Waals surface area contributed by atoms with Gasteiger partial charge in [0.1, 0.15) is 5.82 Å². The molecule has 1 aliphatic carbocycles. The summed E-state index contributed by atoms with van der Waals surface area (Å²) >= 11 is 0. The molecule has 0 N–H and O–H groups in total. The Morgan fingerprint density at radius 3 is 2.13 bits per heavy atom. The van der Waals surface area contributed by atoms with Crippen LogP contribution in [0.5, 0.6) is 0 Å². The molecule has 0 aromatic heterocycles. The van der Waals surface area contributed by atoms with Crippen molar-refractivity contribution in [2.45, 2.75) is 58.3 Å². The first-order valence-electron chi connectivity index (χ1n) is 11.7. The van der Waals surface area contributed by atoms with Gasteiger partial charge in [0.2, 0.25) is 0 Å². The topological polar surface area (TPSA) is 0 Å². The summed E-state index contributed by atoms with van der Waals surface area (Å²) < 4.78 is 15.2. The highest BCUT2D eigenvalue weighted by atomic mass is 19.1. The Hall–Kier alpha value is -2.41. The van der Waals surface area contributed by atoms with E-state index >= 15 is 4.39 Å². The third kappa shape index (κ3) is 4.36. The van der Waals surface area contributed by atoms with Gasteiger partial charge in [0, 0.05) is 5.56 Å². The highest BCUT2D eigenvalue weighted by Crippen LogP contribution is 2.43. The van der Waals surface area contributed by atoms with Crippen LogP contribution in [0.2, 0.25) is 0 Å². The van der Waals surface area contributed by atoms with Crippen molar-refractivity contribution in [2.75, 3.05) is 0 Å². The Balaban J connectivity index is 1.58. The smallest absolute Gasteiger partial charge is 0.131 e. The molecule has 30 heavy (non-hydrogen) atoms. The van der Waals surface area contributed by atoms with Gasteiger partial charge in [-0.15, -0.1) is 0 Å². The van der Waals surface area contributed by atoms with E-state index in [2.05, 4.69) is 44.2 Å². The maximum Gasteiger partial charge on any atom is 0.131 e. The Labute approximate surface area is 181 Å². The summed E-state index contributed by atoms with van der Waals surface area (Å²) in [4.78, 5) is 0. The first-order valence-corrected chi connectivity index (χ1v) is 11.7. The molecule has 0 radical (unpaired) electrons. The lowest BCUT2D eigenvalue weighted by molar-refractivity contribution is 0.191. The van der Waals surface area contributed by atoms with E-state index < -0.39 is 0 Å². The summed E-state index contributed by atoms with van der Waals surface area (Å²) in [5.74, 6) is 1.86. The van der Waals surface area contributed by atoms with Gasteiger partial charge < -0.3 is 0 Å². The number of rotatable bonds is 6. The summed E-state index contributed by atoms with van der Waals surface area (Å²) in [6.07, 6.45) is 7.65. The molecule has 156 valence electrons. The second kappa shape index (κ2) is 9.60. The van der Waals surface area contributed by atoms with E-state index in [0.717, 1.165) is 23.5 Å². The average molecular weight is 401 g/mol. The van der Waals surface area contributed by atoms with Crippen LogP contribution >= 0.6 is 0 Å². The molecule has 3 atom stereocenters. The van der Waals surface area contributed by atoms with E-state index in [-0.39, 0.29) is 5.82 Å². The van der Waals surface area contributed by atoms with Gasteiger partial charge in [-0.3, -0.25) is 0 Å². The van der Waals surface area contributed by atoms with Crippen LogP contribution in [0, 0.1) is 17.7 Å². The van der Waals surface area contributed by atoms with Gasteiger partial charge in [-0.25, -0.2) is 4.39 Å². The molecule has 1 heteroatoms. The van der Waals surface area contributed by atoms with Crippen LogP contribution in [0.4, 0.5) is 4.39 Å². The Kier molecular flexibility index (Phi) is 6.67. The van der Waals surface area contributed by atoms with Crippen molar-refractivity contribution >= 4 is 0 Å². The third-order valence-corrected chi connectivity index (χ3v) is 7.17. The maximum absolute atomic E-state index is 15.2. The largest absolute Gasteiger partial charge is 0.206 e. The molecular weight excluding hydrogens is 367 g/mol. The first-order chi connectivity index (χ1) is 14.7. The molecule has 0 saturated heterocycles. The molecule has 1 aliphatic rings. The molecule has 0 nitrogen and oxygen atoms in total. The van der Waals surface area contributed by atoms with E-state index in [1.807, 2.05) is 42.5 Å². The Morgan fingerprint density at radius 1 is 0.800 bits per heavy atom. The van der Waals surface area contributed by atoms with Gasteiger partial charge in [0.05, 0.1) is 0 Å². The minimum Gasteiger partial charge on any atom is -0.206 e. The zero-order valence-corrected chi connectivity index (χ0v) is 18.3. The molecule has 0 spiro atoms. The minimum atomic E-state index is -0.0951. The van der Waals surface area contributed by atoms with Gasteiger partial charge in [0.15, 0.2) is 0 Å². The lowest BCUT2D eigenvalue weighted by Gasteiger charge is -2.37. The van der Waals surface area contributed by atoms with Crippen LogP contribution in [-0.2, 0) is 0 Å². The van der Waals surface area contributed by atoms with E-state index in [0.29, 0.717) is 17.4 Å². The van der Waals surface area contributed by atoms with Crippen LogP contribution < -0.4 is 0 Å². The Bertz CT molecular complexity index is 942. The monoisotopic (exact) mass is 400 g/mol. The molecule has 1 fully saturated rings. The van der Waals surface area contributed by atoms with Crippen molar-refractivity contribution in [1.29, 1.82) is 0 Å². The van der Waals surface area contributed by atoms with Crippen molar-refractivity contribution in [3.8, 4) is 22.3 Å². The predicted molar refractivity (Wildman–Crippen MR) is 126 cm³/mol. The van der Waals surface area contributed by atoms with E-state index in [1.54, 1.807) is 0 Å². The zero-order valence-electron chi connectivity index (χ0n) is 18.3. The van der Waals surface area contributed by atoms with Crippen LogP contribution in [-0.4, -0.2) is 0 Å². The summed E-state index contributed by atoms with van der Waals surface area (Å²) in [6, 6.07) is 24.5. The second-order valence-corrected chi connectivity index (χ2v) is 8.81. The van der Waals surface area contributed by atoms with E-state index in [9.17, 15) is 0 Å². The van der Waals surface area contributed by atoms with Crippen molar-refractivity contribution in [1.82, 2.24) is 0 Å². The molecule has 1 saturated carbocycles. The Morgan fingerprint density at radius 2 is 1.47 bits per heavy atom. The van der Waals surface area contributed by atoms with E-state index in [1.165, 1.54) is 43.2 Å². The van der Waals surface area contributed by atoms with E-state index in [4.69, 9.17) is 0 Å². The van der Waals surface area contributed by atoms with Crippen molar-refractivity contribution < 1.29 is 4.39 Å². The second-order valence-electron chi connectivity index (χ2n) is 8.81. The standard InChI is InChI=1S/C29H33F/c1-3-21-10-8-9-13-27(21)26(4-2)25-18-19-28(29(30)20-25)24-16-14-23(15-17-24)22-11-6-5-7-12-22/h5-7,11-12,14-21,26-27H,3-4,8-10,13H2,1-2H3. The summed E-state index contributed by atoms with van der Waals surface area (Å²) in [6.45, 7) is 4.58. The van der Waals surface area contributed by atoms with Gasteiger partial charge >= 0.3 is 0 Å². The van der Waals surface area contributed by atoms with Crippen LogP contribution in [0.25, 0.3) is 22.3 Å². The summed E-state index contributed by atoms with van der Waals surface area (Å²) in [5.41, 5.74) is 5.17. The number of hydrogen-bond acceptors (Lipinski definition) is 0. The maximum atomic E-state index is 15.2. The third-order valence-electron chi connectivity index (χ3n) is 7.17. The quantitative estimate of drug-likeness (QED) is 0.387. The van der Waals surface area contributed by atoms with Crippen LogP contribution in [0.3, 0.4) is 0 Å². The van der Waals surface area contributed by atoms with Gasteiger partial charge in [-0.1, -0.05) is 106 Å². The molecule has 4 rings (SSSR count). The molecule has 0 amide bonds. The average Bonchev–Trinajstić information content (AvgIpc) is 2.81. The normalized spacial score (nSPS) is 20.1. The minimum absolute atomic E-state index is 0.0951. The highest BCUT2D eigenvalue weighted by Gasteiger charge is 2.31. The number of benzene rings is 3. The molecule has 0 bridgehead atoms. The number of hydrogen-bond donors (Lipinski definition) is 0. The predicted octanol–water partition coefficient (Wildman–Crippen LogP) is 8.87. The highest BCUT2D eigenvalue weighted by molar-refractivity contribution is 5.70. The SMILES string of the molecule is CCC1CCCCC1C(CC)c1ccc(-c2ccc(-c3ccccc3)cc2)c(F)c1. The molecule has 3 unspecified atom stereocenters. The fourth-order valence-corrected chi connectivity index (χ4v) is 5.53. The van der Waals surface area contributed by atoms with Crippen molar-refractivity contribution in [2.24, 2.45) is 11.8 Å². The van der Waals surface area contributed by atoms with Crippen molar-refractivity contribution in [3.63, 3.8) is 0 Å². The molecule has 0 aliphatic heterocycles. The fraction of sp³-hybridized carbons (Fsp3) is 0.379. The lowest BCUT2D eigenvalue weighted by atomic mass is 9.68. The lowest BCUT2D eigenvalue weighted by Crippen LogP contribution is -2.25. The van der Waals surface area contributed by atoms with Crippen LogP contribution in [0.1, 0.15) is 63.9 Å². The summed E-state index contributed by atoms with van der Waals surface area (Å²) in [5, 5.41) is 0. The zero-order chi connectivity index (χ0) is 20.9. The number of halogens is 1. The molecule has 3 aromatic carbocycles. The molecule has 3 aromatic rings. The molecular formula is C29H33F. The van der Waals surface area contributed by atoms with Gasteiger partial charge in [0.25, 0.3) is 0 Å². The summed E-state index contributed by atoms with van der Waals surface area (Å²) in [7, 11) is 0.